The SMILES string of the molecule is NC(=O)c1cccc2c1c1ccc(Cl)cc1n2Cc1ccccc1Oc1ccccc1. The summed E-state index contributed by atoms with van der Waals surface area (Å²) in [5.41, 5.74) is 9.04. The van der Waals surface area contributed by atoms with Crippen LogP contribution in [0, 0.1) is 0 Å². The average molecular weight is 427 g/mol. The Bertz CT molecular complexity index is 1420. The van der Waals surface area contributed by atoms with Gasteiger partial charge in [0.05, 0.1) is 17.6 Å². The molecule has 0 bridgehead atoms. The van der Waals surface area contributed by atoms with E-state index in [4.69, 9.17) is 22.1 Å². The molecule has 0 atom stereocenters. The lowest BCUT2D eigenvalue weighted by molar-refractivity contribution is 0.100. The summed E-state index contributed by atoms with van der Waals surface area (Å²) in [6.07, 6.45) is 0. The van der Waals surface area contributed by atoms with E-state index in [1.807, 2.05) is 84.9 Å². The molecule has 0 saturated carbocycles. The van der Waals surface area contributed by atoms with Gasteiger partial charge in [0, 0.05) is 26.9 Å². The largest absolute Gasteiger partial charge is 0.457 e. The van der Waals surface area contributed by atoms with E-state index in [0.29, 0.717) is 17.1 Å². The van der Waals surface area contributed by atoms with Gasteiger partial charge in [-0.2, -0.15) is 0 Å². The summed E-state index contributed by atoms with van der Waals surface area (Å²) in [6.45, 7) is 0.547. The summed E-state index contributed by atoms with van der Waals surface area (Å²) in [5.74, 6) is 1.10. The molecule has 0 fully saturated rings. The molecular weight excluding hydrogens is 408 g/mol. The maximum Gasteiger partial charge on any atom is 0.249 e. The number of ether oxygens (including phenoxy) is 1. The number of aromatic nitrogens is 1. The van der Waals surface area contributed by atoms with Crippen molar-refractivity contribution in [3.8, 4) is 11.5 Å². The fourth-order valence-corrected chi connectivity index (χ4v) is 4.18. The molecule has 152 valence electrons. The minimum Gasteiger partial charge on any atom is -0.457 e. The molecule has 0 unspecified atom stereocenters. The molecule has 5 heteroatoms. The Morgan fingerprint density at radius 2 is 1.65 bits per heavy atom. The van der Waals surface area contributed by atoms with Gasteiger partial charge >= 0.3 is 0 Å². The van der Waals surface area contributed by atoms with Crippen LogP contribution in [0.3, 0.4) is 0 Å². The second-order valence-corrected chi connectivity index (χ2v) is 7.77. The van der Waals surface area contributed by atoms with Gasteiger partial charge in [0.1, 0.15) is 11.5 Å². The van der Waals surface area contributed by atoms with Crippen molar-refractivity contribution in [3.05, 3.63) is 107 Å². The van der Waals surface area contributed by atoms with Gasteiger partial charge in [-0.25, -0.2) is 0 Å². The van der Waals surface area contributed by atoms with Crippen LogP contribution in [0.1, 0.15) is 15.9 Å². The van der Waals surface area contributed by atoms with Gasteiger partial charge in [-0.15, -0.1) is 0 Å². The summed E-state index contributed by atoms with van der Waals surface area (Å²) in [5, 5.41) is 2.41. The lowest BCUT2D eigenvalue weighted by atomic mass is 10.1. The van der Waals surface area contributed by atoms with Crippen molar-refractivity contribution < 1.29 is 9.53 Å². The molecule has 0 aliphatic heterocycles. The maximum absolute atomic E-state index is 12.1. The van der Waals surface area contributed by atoms with Crippen molar-refractivity contribution in [2.75, 3.05) is 0 Å². The van der Waals surface area contributed by atoms with Crippen molar-refractivity contribution in [1.82, 2.24) is 4.57 Å². The van der Waals surface area contributed by atoms with Crippen LogP contribution in [0.15, 0.2) is 91.0 Å². The van der Waals surface area contributed by atoms with E-state index in [2.05, 4.69) is 4.57 Å². The standard InChI is InChI=1S/C26H19ClN2O2/c27-18-13-14-20-23(15-18)29(22-11-6-10-21(25(20)22)26(28)30)16-17-7-4-5-12-24(17)31-19-8-2-1-3-9-19/h1-15H,16H2,(H2,28,30). The average Bonchev–Trinajstić information content (AvgIpc) is 3.08. The molecule has 1 heterocycles. The predicted molar refractivity (Wildman–Crippen MR) is 125 cm³/mol. The van der Waals surface area contributed by atoms with E-state index in [1.54, 1.807) is 6.07 Å². The van der Waals surface area contributed by atoms with Crippen molar-refractivity contribution >= 4 is 39.3 Å². The van der Waals surface area contributed by atoms with Gasteiger partial charge in [0.15, 0.2) is 0 Å². The van der Waals surface area contributed by atoms with Crippen LogP contribution in [0.5, 0.6) is 11.5 Å². The highest BCUT2D eigenvalue weighted by Crippen LogP contribution is 2.35. The van der Waals surface area contributed by atoms with Gasteiger partial charge in [0.2, 0.25) is 5.91 Å². The Hall–Kier alpha value is -3.76. The lowest BCUT2D eigenvalue weighted by Crippen LogP contribution is -2.11. The first-order valence-electron chi connectivity index (χ1n) is 9.93. The Morgan fingerprint density at radius 3 is 2.45 bits per heavy atom. The maximum atomic E-state index is 12.1. The minimum atomic E-state index is -0.451. The number of primary amides is 1. The quantitative estimate of drug-likeness (QED) is 0.354. The van der Waals surface area contributed by atoms with Gasteiger partial charge in [-0.05, 0) is 42.5 Å². The van der Waals surface area contributed by atoms with E-state index >= 15 is 0 Å². The first kappa shape index (κ1) is 19.2. The summed E-state index contributed by atoms with van der Waals surface area (Å²) >= 11 is 6.33. The molecule has 0 aliphatic carbocycles. The zero-order chi connectivity index (χ0) is 21.4. The molecule has 1 aromatic heterocycles. The van der Waals surface area contributed by atoms with Crippen LogP contribution in [-0.2, 0) is 6.54 Å². The van der Waals surface area contributed by atoms with Gasteiger partial charge in [-0.3, -0.25) is 4.79 Å². The highest BCUT2D eigenvalue weighted by atomic mass is 35.5. The smallest absolute Gasteiger partial charge is 0.249 e. The van der Waals surface area contributed by atoms with Crippen LogP contribution >= 0.6 is 11.6 Å². The molecule has 4 aromatic carbocycles. The second-order valence-electron chi connectivity index (χ2n) is 7.33. The van der Waals surface area contributed by atoms with E-state index < -0.39 is 5.91 Å². The van der Waals surface area contributed by atoms with Crippen molar-refractivity contribution in [2.24, 2.45) is 5.73 Å². The molecule has 0 aliphatic rings. The molecule has 0 saturated heterocycles. The number of nitrogens with two attached hydrogens (primary N) is 1. The van der Waals surface area contributed by atoms with Gasteiger partial charge < -0.3 is 15.0 Å². The zero-order valence-electron chi connectivity index (χ0n) is 16.6. The van der Waals surface area contributed by atoms with E-state index in [0.717, 1.165) is 38.9 Å². The molecule has 5 aromatic rings. The molecule has 1 amide bonds. The third kappa shape index (κ3) is 3.51. The molecule has 31 heavy (non-hydrogen) atoms. The van der Waals surface area contributed by atoms with E-state index in [9.17, 15) is 4.79 Å². The number of nitrogens with zero attached hydrogens (tertiary/aromatic N) is 1. The molecule has 2 N–H and O–H groups in total. The number of halogens is 1. The minimum absolute atomic E-state index is 0.451. The summed E-state index contributed by atoms with van der Waals surface area (Å²) < 4.78 is 8.30. The number of hydrogen-bond acceptors (Lipinski definition) is 2. The first-order chi connectivity index (χ1) is 15.1. The van der Waals surface area contributed by atoms with Gasteiger partial charge in [-0.1, -0.05) is 60.1 Å². The third-order valence-corrected chi connectivity index (χ3v) is 5.63. The summed E-state index contributed by atoms with van der Waals surface area (Å²) in [4.78, 5) is 12.1. The second kappa shape index (κ2) is 7.82. The number of para-hydroxylation sites is 2. The summed E-state index contributed by atoms with van der Waals surface area (Å²) in [7, 11) is 0. The number of carbonyl (C=O) groups excluding carboxylic acids is 1. The number of amides is 1. The zero-order valence-corrected chi connectivity index (χ0v) is 17.3. The first-order valence-corrected chi connectivity index (χ1v) is 10.3. The van der Waals surface area contributed by atoms with Crippen LogP contribution in [0.2, 0.25) is 5.02 Å². The van der Waals surface area contributed by atoms with E-state index in [1.165, 1.54) is 0 Å². The van der Waals surface area contributed by atoms with Crippen molar-refractivity contribution in [3.63, 3.8) is 0 Å². The third-order valence-electron chi connectivity index (χ3n) is 5.39. The number of hydrogen-bond donors (Lipinski definition) is 1. The molecule has 5 rings (SSSR count). The number of benzene rings is 4. The highest BCUT2D eigenvalue weighted by Gasteiger charge is 2.18. The number of fused-ring (bicyclic) bond motifs is 3. The molecule has 4 nitrogen and oxygen atoms in total. The Labute approximate surface area is 184 Å². The topological polar surface area (TPSA) is 57.2 Å². The van der Waals surface area contributed by atoms with Crippen molar-refractivity contribution in [1.29, 1.82) is 0 Å². The van der Waals surface area contributed by atoms with Crippen LogP contribution in [0.4, 0.5) is 0 Å². The molecule has 0 spiro atoms. The fourth-order valence-electron chi connectivity index (χ4n) is 4.01. The molecular formula is C26H19ClN2O2. The van der Waals surface area contributed by atoms with E-state index in [-0.39, 0.29) is 0 Å². The Balaban J connectivity index is 1.69. The predicted octanol–water partition coefficient (Wildman–Crippen LogP) is 6.39. The van der Waals surface area contributed by atoms with Crippen LogP contribution in [0.25, 0.3) is 21.8 Å². The van der Waals surface area contributed by atoms with Crippen LogP contribution in [-0.4, -0.2) is 10.5 Å². The van der Waals surface area contributed by atoms with Crippen LogP contribution < -0.4 is 10.5 Å². The fraction of sp³-hybridized carbons (Fsp3) is 0.0385. The Morgan fingerprint density at radius 1 is 0.871 bits per heavy atom. The lowest BCUT2D eigenvalue weighted by Gasteiger charge is -2.13. The summed E-state index contributed by atoms with van der Waals surface area (Å²) in [6, 6.07) is 28.9. The van der Waals surface area contributed by atoms with Gasteiger partial charge in [0.25, 0.3) is 0 Å². The number of rotatable bonds is 5. The van der Waals surface area contributed by atoms with Crippen molar-refractivity contribution in [2.45, 2.75) is 6.54 Å². The number of carbonyl (C=O) groups is 1. The Kier molecular flexibility index (Phi) is 4.85. The monoisotopic (exact) mass is 426 g/mol. The molecule has 0 radical (unpaired) electrons. The highest BCUT2D eigenvalue weighted by molar-refractivity contribution is 6.32. The normalized spacial score (nSPS) is 11.1.